The number of hydrogen-bond donors (Lipinski definition) is 1. The molecule has 1 atom stereocenters. The molecule has 5 rings (SSSR count). The van der Waals surface area contributed by atoms with E-state index in [-0.39, 0.29) is 24.4 Å². The van der Waals surface area contributed by atoms with Gasteiger partial charge in [-0.2, -0.15) is 0 Å². The molecular formula is C24H25N3O3. The van der Waals surface area contributed by atoms with Crippen molar-refractivity contribution in [3.05, 3.63) is 71.3 Å². The Morgan fingerprint density at radius 2 is 1.80 bits per heavy atom. The molecule has 1 heterocycles. The smallest absolute Gasteiger partial charge is 0.325 e. The van der Waals surface area contributed by atoms with E-state index in [2.05, 4.69) is 5.32 Å². The van der Waals surface area contributed by atoms with E-state index in [0.29, 0.717) is 13.0 Å². The van der Waals surface area contributed by atoms with Gasteiger partial charge in [0.2, 0.25) is 5.91 Å². The van der Waals surface area contributed by atoms with Gasteiger partial charge in [0.1, 0.15) is 12.1 Å². The molecule has 2 aliphatic carbocycles. The Balaban J connectivity index is 1.37. The number of carbonyl (C=O) groups excluding carboxylic acids is 3. The fourth-order valence-electron chi connectivity index (χ4n) is 4.77. The number of amides is 4. The van der Waals surface area contributed by atoms with Gasteiger partial charge < -0.3 is 10.2 Å². The number of rotatable bonds is 5. The Bertz CT molecular complexity index is 1000. The molecule has 1 N–H and O–H groups in total. The molecule has 1 spiro atoms. The fraction of sp³-hybridized carbons (Fsp3) is 0.375. The molecule has 2 fully saturated rings. The maximum Gasteiger partial charge on any atom is 0.325 e. The van der Waals surface area contributed by atoms with Crippen LogP contribution in [0.3, 0.4) is 0 Å². The second-order valence-corrected chi connectivity index (χ2v) is 8.48. The number of aryl methyl sites for hydroxylation is 1. The van der Waals surface area contributed by atoms with Crippen molar-refractivity contribution in [2.24, 2.45) is 0 Å². The van der Waals surface area contributed by atoms with Crippen molar-refractivity contribution in [1.29, 1.82) is 0 Å². The summed E-state index contributed by atoms with van der Waals surface area (Å²) in [6.07, 6.45) is 4.22. The normalized spacial score (nSPS) is 22.7. The molecule has 0 radical (unpaired) electrons. The lowest BCUT2D eigenvalue weighted by molar-refractivity contribution is -0.140. The quantitative estimate of drug-likeness (QED) is 0.781. The lowest BCUT2D eigenvalue weighted by Gasteiger charge is -2.33. The van der Waals surface area contributed by atoms with Gasteiger partial charge in [0, 0.05) is 12.6 Å². The van der Waals surface area contributed by atoms with E-state index >= 15 is 0 Å². The summed E-state index contributed by atoms with van der Waals surface area (Å²) in [5.74, 6) is -0.477. The Morgan fingerprint density at radius 1 is 1.07 bits per heavy atom. The summed E-state index contributed by atoms with van der Waals surface area (Å²) in [5.41, 5.74) is 1.98. The highest BCUT2D eigenvalue weighted by molar-refractivity contribution is 6.09. The lowest BCUT2D eigenvalue weighted by atomic mass is 9.76. The molecular weight excluding hydrogens is 378 g/mol. The number of hydrogen-bond acceptors (Lipinski definition) is 3. The average molecular weight is 403 g/mol. The first-order chi connectivity index (χ1) is 14.6. The first-order valence-corrected chi connectivity index (χ1v) is 10.6. The molecule has 2 aromatic rings. The molecule has 3 aliphatic rings. The maximum atomic E-state index is 13.4. The molecule has 0 bridgehead atoms. The summed E-state index contributed by atoms with van der Waals surface area (Å²) in [6.45, 7) is 0.292. The van der Waals surface area contributed by atoms with E-state index in [1.165, 1.54) is 0 Å². The van der Waals surface area contributed by atoms with Gasteiger partial charge in [-0.1, -0.05) is 54.6 Å². The van der Waals surface area contributed by atoms with Crippen molar-refractivity contribution >= 4 is 17.8 Å². The summed E-state index contributed by atoms with van der Waals surface area (Å²) in [4.78, 5) is 42.3. The van der Waals surface area contributed by atoms with Crippen LogP contribution in [0.1, 0.15) is 42.4 Å². The first kappa shape index (κ1) is 18.9. The Hall–Kier alpha value is -3.15. The van der Waals surface area contributed by atoms with Gasteiger partial charge in [-0.05, 0) is 48.8 Å². The lowest BCUT2D eigenvalue weighted by Crippen LogP contribution is -2.47. The predicted molar refractivity (Wildman–Crippen MR) is 111 cm³/mol. The zero-order valence-electron chi connectivity index (χ0n) is 16.8. The SMILES string of the molecule is O=C1NC2(CCCc3ccccc32)C(=O)N1CC(=O)N(Cc1ccccc1)C1CC1. The van der Waals surface area contributed by atoms with Crippen molar-refractivity contribution in [1.82, 2.24) is 15.1 Å². The van der Waals surface area contributed by atoms with Gasteiger partial charge >= 0.3 is 6.03 Å². The van der Waals surface area contributed by atoms with Crippen LogP contribution in [-0.2, 0) is 28.1 Å². The number of carbonyl (C=O) groups is 3. The van der Waals surface area contributed by atoms with Crippen LogP contribution in [-0.4, -0.2) is 40.2 Å². The zero-order valence-corrected chi connectivity index (χ0v) is 16.8. The summed E-state index contributed by atoms with van der Waals surface area (Å²) >= 11 is 0. The third-order valence-electron chi connectivity index (χ3n) is 6.45. The van der Waals surface area contributed by atoms with Gasteiger partial charge in [-0.15, -0.1) is 0 Å². The second-order valence-electron chi connectivity index (χ2n) is 8.48. The number of imide groups is 1. The van der Waals surface area contributed by atoms with Crippen LogP contribution in [0, 0.1) is 0 Å². The fourth-order valence-corrected chi connectivity index (χ4v) is 4.77. The predicted octanol–water partition coefficient (Wildman–Crippen LogP) is 2.96. The van der Waals surface area contributed by atoms with Crippen LogP contribution in [0.2, 0.25) is 0 Å². The largest absolute Gasteiger partial charge is 0.334 e. The summed E-state index contributed by atoms with van der Waals surface area (Å²) < 4.78 is 0. The molecule has 4 amide bonds. The standard InChI is InChI=1S/C24H25N3O3/c28-21(26(19-12-13-19)15-17-7-2-1-3-8-17)16-27-22(29)24(25-23(27)30)14-6-10-18-9-4-5-11-20(18)24/h1-5,7-9,11,19H,6,10,12-16H2,(H,25,30). The molecule has 6 heteroatoms. The van der Waals surface area contributed by atoms with Crippen molar-refractivity contribution in [3.8, 4) is 0 Å². The van der Waals surface area contributed by atoms with Gasteiger partial charge in [0.15, 0.2) is 0 Å². The minimum Gasteiger partial charge on any atom is -0.334 e. The number of nitrogens with zero attached hydrogens (tertiary/aromatic N) is 2. The van der Waals surface area contributed by atoms with Gasteiger partial charge in [0.25, 0.3) is 5.91 Å². The molecule has 1 unspecified atom stereocenters. The first-order valence-electron chi connectivity index (χ1n) is 10.6. The molecule has 6 nitrogen and oxygen atoms in total. The van der Waals surface area contributed by atoms with E-state index in [1.807, 2.05) is 59.5 Å². The number of fused-ring (bicyclic) bond motifs is 2. The van der Waals surface area contributed by atoms with Crippen molar-refractivity contribution in [2.75, 3.05) is 6.54 Å². The molecule has 1 saturated carbocycles. The van der Waals surface area contributed by atoms with Crippen LogP contribution in [0.25, 0.3) is 0 Å². The van der Waals surface area contributed by atoms with E-state index in [1.54, 1.807) is 0 Å². The van der Waals surface area contributed by atoms with Gasteiger partial charge in [0.05, 0.1) is 0 Å². The monoisotopic (exact) mass is 403 g/mol. The van der Waals surface area contributed by atoms with Gasteiger partial charge in [-0.3, -0.25) is 14.5 Å². The maximum absolute atomic E-state index is 13.4. The van der Waals surface area contributed by atoms with Crippen LogP contribution >= 0.6 is 0 Å². The van der Waals surface area contributed by atoms with Crippen LogP contribution in [0.4, 0.5) is 4.79 Å². The third kappa shape index (κ3) is 3.16. The number of benzene rings is 2. The Kier molecular flexibility index (Phi) is 4.57. The van der Waals surface area contributed by atoms with E-state index in [0.717, 1.165) is 47.3 Å². The zero-order chi connectivity index (χ0) is 20.7. The number of nitrogens with one attached hydrogen (secondary N) is 1. The highest BCUT2D eigenvalue weighted by atomic mass is 16.2. The Morgan fingerprint density at radius 3 is 2.57 bits per heavy atom. The molecule has 30 heavy (non-hydrogen) atoms. The van der Waals surface area contributed by atoms with E-state index in [4.69, 9.17) is 0 Å². The van der Waals surface area contributed by atoms with Crippen molar-refractivity contribution in [3.63, 3.8) is 0 Å². The third-order valence-corrected chi connectivity index (χ3v) is 6.45. The molecule has 154 valence electrons. The minimum atomic E-state index is -1.03. The molecule has 1 aliphatic heterocycles. The molecule has 1 saturated heterocycles. The van der Waals surface area contributed by atoms with E-state index in [9.17, 15) is 14.4 Å². The molecule has 0 aromatic heterocycles. The second kappa shape index (κ2) is 7.27. The topological polar surface area (TPSA) is 69.7 Å². The highest BCUT2D eigenvalue weighted by Crippen LogP contribution is 2.40. The minimum absolute atomic E-state index is 0.175. The Labute approximate surface area is 175 Å². The van der Waals surface area contributed by atoms with E-state index < -0.39 is 11.6 Å². The van der Waals surface area contributed by atoms with Crippen LogP contribution in [0.15, 0.2) is 54.6 Å². The molecule has 2 aromatic carbocycles. The summed E-state index contributed by atoms with van der Waals surface area (Å²) in [5, 5.41) is 2.93. The average Bonchev–Trinajstić information content (AvgIpc) is 3.58. The highest BCUT2D eigenvalue weighted by Gasteiger charge is 2.54. The van der Waals surface area contributed by atoms with Crippen molar-refractivity contribution in [2.45, 2.75) is 50.2 Å². The van der Waals surface area contributed by atoms with Crippen molar-refractivity contribution < 1.29 is 14.4 Å². The van der Waals surface area contributed by atoms with Gasteiger partial charge in [-0.25, -0.2) is 4.79 Å². The summed E-state index contributed by atoms with van der Waals surface area (Å²) in [7, 11) is 0. The van der Waals surface area contributed by atoms with Crippen LogP contribution < -0.4 is 5.32 Å². The number of urea groups is 1. The van der Waals surface area contributed by atoms with Crippen LogP contribution in [0.5, 0.6) is 0 Å². The summed E-state index contributed by atoms with van der Waals surface area (Å²) in [6, 6.07) is 17.3.